The summed E-state index contributed by atoms with van der Waals surface area (Å²) in [5.74, 6) is -0.779. The Balaban J connectivity index is 2.75. The zero-order valence-electron chi connectivity index (χ0n) is 15.6. The first-order chi connectivity index (χ1) is 11.0. The Labute approximate surface area is 145 Å². The van der Waals surface area contributed by atoms with Crippen molar-refractivity contribution < 1.29 is 18.3 Å². The van der Waals surface area contributed by atoms with Crippen LogP contribution in [-0.2, 0) is 20.4 Å². The molecule has 0 unspecified atom stereocenters. The molecule has 0 fully saturated rings. The lowest BCUT2D eigenvalue weighted by molar-refractivity contribution is -0.142. The van der Waals surface area contributed by atoms with Crippen molar-refractivity contribution in [1.29, 1.82) is 0 Å². The Bertz CT molecular complexity index is 570. The molecule has 0 spiro atoms. The first kappa shape index (κ1) is 20.8. The van der Waals surface area contributed by atoms with E-state index in [9.17, 15) is 9.18 Å². The van der Waals surface area contributed by atoms with Crippen LogP contribution in [0, 0.1) is 5.82 Å². The van der Waals surface area contributed by atoms with Gasteiger partial charge >= 0.3 is 5.97 Å². The second-order valence-electron chi connectivity index (χ2n) is 7.52. The van der Waals surface area contributed by atoms with Gasteiger partial charge in [-0.25, -0.2) is 4.39 Å². The van der Waals surface area contributed by atoms with Crippen molar-refractivity contribution in [3.8, 4) is 0 Å². The van der Waals surface area contributed by atoms with Gasteiger partial charge in [-0.2, -0.15) is 0 Å². The minimum Gasteiger partial charge on any atom is -0.466 e. The van der Waals surface area contributed by atoms with Crippen LogP contribution < -0.4 is 5.73 Å². The van der Waals surface area contributed by atoms with E-state index >= 15 is 0 Å². The molecule has 0 saturated heterocycles. The summed E-state index contributed by atoms with van der Waals surface area (Å²) >= 11 is 0. The minimum absolute atomic E-state index is 0.0563. The number of nitrogens with two attached hydrogens (primary N) is 1. The number of esters is 1. The summed E-state index contributed by atoms with van der Waals surface area (Å²) in [7, 11) is -1.92. The zero-order chi connectivity index (χ0) is 18.5. The van der Waals surface area contributed by atoms with E-state index in [1.165, 1.54) is 6.07 Å². The van der Waals surface area contributed by atoms with E-state index in [4.69, 9.17) is 14.9 Å². The van der Waals surface area contributed by atoms with Gasteiger partial charge in [0.2, 0.25) is 0 Å². The lowest BCUT2D eigenvalue weighted by Crippen LogP contribution is -2.42. The van der Waals surface area contributed by atoms with Crippen LogP contribution in [0.15, 0.2) is 18.2 Å². The smallest absolute Gasteiger partial charge is 0.310 e. The number of ether oxygens (including phenoxy) is 1. The molecule has 0 amide bonds. The van der Waals surface area contributed by atoms with Crippen molar-refractivity contribution in [3.63, 3.8) is 0 Å². The molecule has 1 aromatic rings. The molecule has 1 rings (SSSR count). The van der Waals surface area contributed by atoms with Crippen molar-refractivity contribution in [2.45, 2.75) is 58.3 Å². The number of halogens is 1. The summed E-state index contributed by atoms with van der Waals surface area (Å²) in [6, 6.07) is 4.15. The van der Waals surface area contributed by atoms with Crippen molar-refractivity contribution in [2.24, 2.45) is 5.73 Å². The van der Waals surface area contributed by atoms with Crippen LogP contribution in [-0.4, -0.2) is 27.5 Å². The van der Waals surface area contributed by atoms with E-state index in [0.29, 0.717) is 17.7 Å². The van der Waals surface area contributed by atoms with Crippen molar-refractivity contribution >= 4 is 14.3 Å². The minimum atomic E-state index is -1.92. The maximum atomic E-state index is 14.3. The van der Waals surface area contributed by atoms with Gasteiger partial charge in [-0.05, 0) is 36.7 Å². The summed E-state index contributed by atoms with van der Waals surface area (Å²) in [6.45, 7) is 13.1. The molecule has 0 bridgehead atoms. The first-order valence-electron chi connectivity index (χ1n) is 8.31. The van der Waals surface area contributed by atoms with E-state index in [-0.39, 0.29) is 24.0 Å². The third-order valence-corrected chi connectivity index (χ3v) is 9.05. The Kier molecular flexibility index (Phi) is 7.13. The van der Waals surface area contributed by atoms with Crippen LogP contribution in [0.3, 0.4) is 0 Å². The average molecular weight is 356 g/mol. The zero-order valence-corrected chi connectivity index (χ0v) is 16.6. The highest BCUT2D eigenvalue weighted by molar-refractivity contribution is 6.74. The van der Waals surface area contributed by atoms with Gasteiger partial charge in [0, 0.05) is 5.56 Å². The fraction of sp³-hybridized carbons (Fsp3) is 0.611. The SMILES string of the molecule is CCOC(=O)Cc1ccc([C@H](N)CO[Si](C)(C)C(C)(C)C)c(F)c1. The number of rotatable bonds is 7. The molecular formula is C18H30FNO3Si. The average Bonchev–Trinajstić information content (AvgIpc) is 2.44. The first-order valence-corrected chi connectivity index (χ1v) is 11.2. The van der Waals surface area contributed by atoms with Gasteiger partial charge in [0.05, 0.1) is 25.7 Å². The van der Waals surface area contributed by atoms with Gasteiger partial charge in [0.15, 0.2) is 8.32 Å². The highest BCUT2D eigenvalue weighted by Gasteiger charge is 2.37. The van der Waals surface area contributed by atoms with Crippen LogP contribution in [0.5, 0.6) is 0 Å². The van der Waals surface area contributed by atoms with Crippen molar-refractivity contribution in [1.82, 2.24) is 0 Å². The Morgan fingerprint density at radius 3 is 2.46 bits per heavy atom. The molecule has 0 aliphatic heterocycles. The monoisotopic (exact) mass is 355 g/mol. The molecule has 0 aliphatic rings. The van der Waals surface area contributed by atoms with Gasteiger partial charge in [-0.15, -0.1) is 0 Å². The molecule has 0 saturated carbocycles. The summed E-state index contributed by atoms with van der Waals surface area (Å²) in [5.41, 5.74) is 7.09. The molecule has 136 valence electrons. The van der Waals surface area contributed by atoms with Crippen LogP contribution >= 0.6 is 0 Å². The summed E-state index contributed by atoms with van der Waals surface area (Å²) in [6.07, 6.45) is 0.0563. The molecule has 6 heteroatoms. The summed E-state index contributed by atoms with van der Waals surface area (Å²) in [4.78, 5) is 11.5. The van der Waals surface area contributed by atoms with Gasteiger partial charge in [0.25, 0.3) is 0 Å². The number of carbonyl (C=O) groups excluding carboxylic acids is 1. The fourth-order valence-electron chi connectivity index (χ4n) is 1.96. The third-order valence-electron chi connectivity index (χ3n) is 4.55. The fourth-order valence-corrected chi connectivity index (χ4v) is 2.99. The largest absolute Gasteiger partial charge is 0.466 e. The van der Waals surface area contributed by atoms with E-state index in [1.54, 1.807) is 19.1 Å². The predicted octanol–water partition coefficient (Wildman–Crippen LogP) is 3.95. The number of benzene rings is 1. The molecule has 4 nitrogen and oxygen atoms in total. The standard InChI is InChI=1S/C18H30FNO3Si/c1-7-22-17(21)11-13-8-9-14(15(19)10-13)16(20)12-23-24(5,6)18(2,3)4/h8-10,16H,7,11-12,20H2,1-6H3/t16-/m1/s1. The van der Waals surface area contributed by atoms with E-state index in [1.807, 2.05) is 0 Å². The molecule has 0 aliphatic carbocycles. The van der Waals surface area contributed by atoms with Crippen LogP contribution in [0.2, 0.25) is 18.1 Å². The summed E-state index contributed by atoms with van der Waals surface area (Å²) in [5, 5.41) is 0.0781. The molecule has 2 N–H and O–H groups in total. The van der Waals surface area contributed by atoms with E-state index < -0.39 is 20.2 Å². The highest BCUT2D eigenvalue weighted by atomic mass is 28.4. The van der Waals surface area contributed by atoms with E-state index in [2.05, 4.69) is 33.9 Å². The van der Waals surface area contributed by atoms with Crippen LogP contribution in [0.25, 0.3) is 0 Å². The topological polar surface area (TPSA) is 61.5 Å². The summed E-state index contributed by atoms with van der Waals surface area (Å²) < 4.78 is 25.2. The van der Waals surface area contributed by atoms with Crippen molar-refractivity contribution in [3.05, 3.63) is 35.1 Å². The number of hydrogen-bond acceptors (Lipinski definition) is 4. The normalized spacial score (nSPS) is 13.7. The highest BCUT2D eigenvalue weighted by Crippen LogP contribution is 2.37. The van der Waals surface area contributed by atoms with E-state index in [0.717, 1.165) is 0 Å². The van der Waals surface area contributed by atoms with Crippen molar-refractivity contribution in [2.75, 3.05) is 13.2 Å². The van der Waals surface area contributed by atoms with Crippen LogP contribution in [0.4, 0.5) is 4.39 Å². The lowest BCUT2D eigenvalue weighted by Gasteiger charge is -2.37. The molecule has 0 heterocycles. The molecule has 24 heavy (non-hydrogen) atoms. The maximum absolute atomic E-state index is 14.3. The van der Waals surface area contributed by atoms with Gasteiger partial charge < -0.3 is 14.9 Å². The molecular weight excluding hydrogens is 325 g/mol. The maximum Gasteiger partial charge on any atom is 0.310 e. The molecule has 1 aromatic carbocycles. The quantitative estimate of drug-likeness (QED) is 0.594. The van der Waals surface area contributed by atoms with Gasteiger partial charge in [-0.1, -0.05) is 32.9 Å². The molecule has 0 aromatic heterocycles. The van der Waals surface area contributed by atoms with Gasteiger partial charge in [-0.3, -0.25) is 4.79 Å². The third kappa shape index (κ3) is 5.68. The Morgan fingerprint density at radius 2 is 1.96 bits per heavy atom. The predicted molar refractivity (Wildman–Crippen MR) is 96.8 cm³/mol. The lowest BCUT2D eigenvalue weighted by atomic mass is 10.0. The van der Waals surface area contributed by atoms with Crippen LogP contribution in [0.1, 0.15) is 44.9 Å². The number of carbonyl (C=O) groups is 1. The Hall–Kier alpha value is -1.24. The Morgan fingerprint density at radius 1 is 1.33 bits per heavy atom. The van der Waals surface area contributed by atoms with Gasteiger partial charge in [0.1, 0.15) is 5.82 Å². The second kappa shape index (κ2) is 8.23. The number of hydrogen-bond donors (Lipinski definition) is 1. The molecule has 1 atom stereocenters. The molecule has 0 radical (unpaired) electrons. The second-order valence-corrected chi connectivity index (χ2v) is 12.3.